The van der Waals surface area contributed by atoms with Crippen LogP contribution in [-0.2, 0) is 4.79 Å². The summed E-state index contributed by atoms with van der Waals surface area (Å²) in [5.74, 6) is -0.232. The number of halogens is 1. The Labute approximate surface area is 100 Å². The van der Waals surface area contributed by atoms with Gasteiger partial charge in [0.05, 0.1) is 12.1 Å². The highest BCUT2D eigenvalue weighted by atomic mass is 19.1. The molecule has 0 aliphatic carbocycles. The average molecular weight is 236 g/mol. The van der Waals surface area contributed by atoms with Crippen molar-refractivity contribution in [2.45, 2.75) is 31.8 Å². The summed E-state index contributed by atoms with van der Waals surface area (Å²) in [6.45, 7) is 2.81. The van der Waals surface area contributed by atoms with Crippen molar-refractivity contribution in [3.63, 3.8) is 0 Å². The van der Waals surface area contributed by atoms with E-state index in [-0.39, 0.29) is 23.8 Å². The normalized spacial score (nSPS) is 21.2. The van der Waals surface area contributed by atoms with Gasteiger partial charge in [0.2, 0.25) is 5.91 Å². The van der Waals surface area contributed by atoms with Crippen LogP contribution >= 0.6 is 0 Å². The molecule has 1 aliphatic heterocycles. The van der Waals surface area contributed by atoms with Crippen molar-refractivity contribution in [2.24, 2.45) is 0 Å². The summed E-state index contributed by atoms with van der Waals surface area (Å²) in [5, 5.41) is 6.08. The first-order valence-corrected chi connectivity index (χ1v) is 5.96. The molecule has 1 aromatic rings. The van der Waals surface area contributed by atoms with Gasteiger partial charge in [-0.05, 0) is 44.0 Å². The van der Waals surface area contributed by atoms with E-state index < -0.39 is 0 Å². The van der Waals surface area contributed by atoms with Crippen molar-refractivity contribution >= 4 is 5.91 Å². The Morgan fingerprint density at radius 1 is 1.47 bits per heavy atom. The van der Waals surface area contributed by atoms with Crippen molar-refractivity contribution in [2.75, 3.05) is 6.54 Å². The Kier molecular flexibility index (Phi) is 3.74. The van der Waals surface area contributed by atoms with Crippen molar-refractivity contribution in [3.8, 4) is 0 Å². The Morgan fingerprint density at radius 3 is 2.76 bits per heavy atom. The number of carbonyl (C=O) groups is 1. The Morgan fingerprint density at radius 2 is 2.18 bits per heavy atom. The Bertz CT molecular complexity index is 385. The lowest BCUT2D eigenvalue weighted by Gasteiger charge is -2.17. The molecule has 0 unspecified atom stereocenters. The molecule has 1 aliphatic rings. The minimum absolute atomic E-state index is 0.0272. The quantitative estimate of drug-likeness (QED) is 0.839. The van der Waals surface area contributed by atoms with Gasteiger partial charge in [-0.3, -0.25) is 4.79 Å². The van der Waals surface area contributed by atoms with Crippen LogP contribution in [0.2, 0.25) is 0 Å². The number of carbonyl (C=O) groups excluding carboxylic acids is 1. The molecule has 1 saturated heterocycles. The van der Waals surface area contributed by atoms with Crippen molar-refractivity contribution in [3.05, 3.63) is 35.6 Å². The summed E-state index contributed by atoms with van der Waals surface area (Å²) < 4.78 is 12.8. The number of amides is 1. The fraction of sp³-hybridized carbons (Fsp3) is 0.462. The first-order chi connectivity index (χ1) is 8.16. The predicted octanol–water partition coefficient (Wildman–Crippen LogP) is 1.75. The van der Waals surface area contributed by atoms with E-state index in [1.807, 2.05) is 6.92 Å². The molecule has 2 atom stereocenters. The minimum Gasteiger partial charge on any atom is -0.348 e. The predicted molar refractivity (Wildman–Crippen MR) is 64.0 cm³/mol. The number of benzene rings is 1. The average Bonchev–Trinajstić information content (AvgIpc) is 2.83. The molecule has 1 heterocycles. The maximum atomic E-state index is 12.8. The van der Waals surface area contributed by atoms with Crippen molar-refractivity contribution in [1.82, 2.24) is 10.6 Å². The second-order valence-corrected chi connectivity index (χ2v) is 4.43. The zero-order chi connectivity index (χ0) is 12.3. The van der Waals surface area contributed by atoms with Gasteiger partial charge in [0.15, 0.2) is 0 Å². The smallest absolute Gasteiger partial charge is 0.237 e. The maximum absolute atomic E-state index is 12.8. The van der Waals surface area contributed by atoms with E-state index in [0.29, 0.717) is 0 Å². The van der Waals surface area contributed by atoms with Gasteiger partial charge in [0, 0.05) is 0 Å². The molecule has 92 valence electrons. The Balaban J connectivity index is 1.93. The van der Waals surface area contributed by atoms with Gasteiger partial charge in [-0.2, -0.15) is 0 Å². The zero-order valence-corrected chi connectivity index (χ0v) is 9.87. The summed E-state index contributed by atoms with van der Waals surface area (Å²) >= 11 is 0. The largest absolute Gasteiger partial charge is 0.348 e. The molecule has 2 rings (SSSR count). The standard InChI is InChI=1S/C13H17FN2O/c1-9(10-4-6-11(14)7-5-10)16-13(17)12-3-2-8-15-12/h4-7,9,12,15H,2-3,8H2,1H3,(H,16,17)/t9-,12+/m1/s1. The molecule has 0 saturated carbocycles. The second-order valence-electron chi connectivity index (χ2n) is 4.43. The van der Waals surface area contributed by atoms with E-state index in [0.717, 1.165) is 24.9 Å². The lowest BCUT2D eigenvalue weighted by molar-refractivity contribution is -0.123. The van der Waals surface area contributed by atoms with Crippen LogP contribution in [0, 0.1) is 5.82 Å². The third-order valence-electron chi connectivity index (χ3n) is 3.11. The molecule has 3 nitrogen and oxygen atoms in total. The molecule has 1 aromatic carbocycles. The molecular formula is C13H17FN2O. The van der Waals surface area contributed by atoms with E-state index in [9.17, 15) is 9.18 Å². The highest BCUT2D eigenvalue weighted by Gasteiger charge is 2.23. The first-order valence-electron chi connectivity index (χ1n) is 5.96. The molecule has 17 heavy (non-hydrogen) atoms. The molecular weight excluding hydrogens is 219 g/mol. The van der Waals surface area contributed by atoms with Gasteiger partial charge in [0.25, 0.3) is 0 Å². The summed E-state index contributed by atoms with van der Waals surface area (Å²) in [5.41, 5.74) is 0.915. The van der Waals surface area contributed by atoms with Crippen LogP contribution in [0.25, 0.3) is 0 Å². The minimum atomic E-state index is -0.260. The van der Waals surface area contributed by atoms with Gasteiger partial charge in [-0.1, -0.05) is 12.1 Å². The number of nitrogens with one attached hydrogen (secondary N) is 2. The topological polar surface area (TPSA) is 41.1 Å². The first kappa shape index (κ1) is 12.0. The van der Waals surface area contributed by atoms with E-state index in [1.54, 1.807) is 12.1 Å². The molecule has 4 heteroatoms. The lowest BCUT2D eigenvalue weighted by atomic mass is 10.1. The maximum Gasteiger partial charge on any atom is 0.237 e. The molecule has 0 bridgehead atoms. The van der Waals surface area contributed by atoms with Gasteiger partial charge >= 0.3 is 0 Å². The SMILES string of the molecule is C[C@@H](NC(=O)[C@@H]1CCCN1)c1ccc(F)cc1. The molecule has 0 aromatic heterocycles. The molecule has 1 fully saturated rings. The summed E-state index contributed by atoms with van der Waals surface area (Å²) in [4.78, 5) is 11.8. The second kappa shape index (κ2) is 5.27. The third-order valence-corrected chi connectivity index (χ3v) is 3.11. The van der Waals surface area contributed by atoms with E-state index >= 15 is 0 Å². The van der Waals surface area contributed by atoms with Crippen LogP contribution in [0.4, 0.5) is 4.39 Å². The number of rotatable bonds is 3. The van der Waals surface area contributed by atoms with Gasteiger partial charge in [0.1, 0.15) is 5.82 Å². The van der Waals surface area contributed by atoms with Gasteiger partial charge in [-0.15, -0.1) is 0 Å². The third kappa shape index (κ3) is 3.03. The molecule has 2 N–H and O–H groups in total. The van der Waals surface area contributed by atoms with Crippen LogP contribution in [0.3, 0.4) is 0 Å². The van der Waals surface area contributed by atoms with Crippen LogP contribution < -0.4 is 10.6 Å². The van der Waals surface area contributed by atoms with Gasteiger partial charge in [-0.25, -0.2) is 4.39 Å². The van der Waals surface area contributed by atoms with Gasteiger partial charge < -0.3 is 10.6 Å². The molecule has 1 amide bonds. The lowest BCUT2D eigenvalue weighted by Crippen LogP contribution is -2.41. The summed E-state index contributed by atoms with van der Waals surface area (Å²) in [7, 11) is 0. The summed E-state index contributed by atoms with van der Waals surface area (Å²) in [6, 6.07) is 6.05. The van der Waals surface area contributed by atoms with Crippen LogP contribution in [0.15, 0.2) is 24.3 Å². The Hall–Kier alpha value is -1.42. The fourth-order valence-electron chi connectivity index (χ4n) is 2.06. The summed E-state index contributed by atoms with van der Waals surface area (Å²) in [6.07, 6.45) is 1.94. The molecule has 0 radical (unpaired) electrons. The number of hydrogen-bond donors (Lipinski definition) is 2. The van der Waals surface area contributed by atoms with Crippen LogP contribution in [0.5, 0.6) is 0 Å². The highest BCUT2D eigenvalue weighted by molar-refractivity contribution is 5.82. The fourth-order valence-corrected chi connectivity index (χ4v) is 2.06. The van der Waals surface area contributed by atoms with E-state index in [4.69, 9.17) is 0 Å². The van der Waals surface area contributed by atoms with Crippen molar-refractivity contribution < 1.29 is 9.18 Å². The van der Waals surface area contributed by atoms with E-state index in [1.165, 1.54) is 12.1 Å². The monoisotopic (exact) mass is 236 g/mol. The number of hydrogen-bond acceptors (Lipinski definition) is 2. The van der Waals surface area contributed by atoms with Crippen LogP contribution in [0.1, 0.15) is 31.4 Å². The van der Waals surface area contributed by atoms with E-state index in [2.05, 4.69) is 10.6 Å². The van der Waals surface area contributed by atoms with Crippen LogP contribution in [-0.4, -0.2) is 18.5 Å². The zero-order valence-electron chi connectivity index (χ0n) is 9.87. The molecule has 0 spiro atoms. The highest BCUT2D eigenvalue weighted by Crippen LogP contribution is 2.14. The van der Waals surface area contributed by atoms with Crippen molar-refractivity contribution in [1.29, 1.82) is 0 Å².